The van der Waals surface area contributed by atoms with Gasteiger partial charge in [0.1, 0.15) is 5.75 Å². The Morgan fingerprint density at radius 1 is 1.14 bits per heavy atom. The van der Waals surface area contributed by atoms with E-state index in [0.717, 1.165) is 32.3 Å². The second-order valence-electron chi connectivity index (χ2n) is 6.11. The summed E-state index contributed by atoms with van der Waals surface area (Å²) >= 11 is 1.51. The second kappa shape index (κ2) is 8.06. The van der Waals surface area contributed by atoms with Crippen molar-refractivity contribution in [2.24, 2.45) is 5.10 Å². The normalized spacial score (nSPS) is 11.2. The first kappa shape index (κ1) is 17.9. The molecule has 0 bridgehead atoms. The number of ether oxygens (including phenoxy) is 1. The number of carbonyl (C=O) groups excluding carboxylic acids is 1. The van der Waals surface area contributed by atoms with Gasteiger partial charge in [-0.15, -0.1) is 0 Å². The molecule has 4 aromatic rings. The Hall–Kier alpha value is -3.45. The Kier molecular flexibility index (Phi) is 5.16. The molecule has 0 saturated carbocycles. The van der Waals surface area contributed by atoms with Gasteiger partial charge in [0.15, 0.2) is 5.13 Å². The maximum atomic E-state index is 12.0. The fourth-order valence-corrected chi connectivity index (χ4v) is 3.63. The highest BCUT2D eigenvalue weighted by Crippen LogP contribution is 2.25. The van der Waals surface area contributed by atoms with Crippen LogP contribution >= 0.6 is 11.3 Å². The van der Waals surface area contributed by atoms with Crippen LogP contribution in [0.1, 0.15) is 5.56 Å². The van der Waals surface area contributed by atoms with Crippen molar-refractivity contribution in [2.75, 3.05) is 19.0 Å². The van der Waals surface area contributed by atoms with Crippen LogP contribution in [-0.2, 0) is 4.79 Å². The van der Waals surface area contributed by atoms with Crippen LogP contribution in [0, 0.1) is 0 Å². The van der Waals surface area contributed by atoms with Gasteiger partial charge in [-0.2, -0.15) is 5.10 Å². The minimum Gasteiger partial charge on any atom is -0.497 e. The number of methoxy groups -OCH3 is 1. The monoisotopic (exact) mass is 390 g/mol. The van der Waals surface area contributed by atoms with Crippen LogP contribution in [0.5, 0.6) is 5.75 Å². The fraction of sp³-hybridized carbons (Fsp3) is 0.0952. The van der Waals surface area contributed by atoms with Gasteiger partial charge in [0.2, 0.25) is 0 Å². The quantitative estimate of drug-likeness (QED) is 0.385. The number of hydrogen-bond donors (Lipinski definition) is 2. The molecule has 2 N–H and O–H groups in total. The summed E-state index contributed by atoms with van der Waals surface area (Å²) in [6.07, 6.45) is 1.62. The lowest BCUT2D eigenvalue weighted by Gasteiger charge is -2.03. The van der Waals surface area contributed by atoms with Crippen LogP contribution in [0.3, 0.4) is 0 Å². The lowest BCUT2D eigenvalue weighted by Crippen LogP contribution is -2.25. The smallest absolute Gasteiger partial charge is 0.259 e. The number of rotatable bonds is 6. The van der Waals surface area contributed by atoms with E-state index in [1.807, 2.05) is 60.7 Å². The average molecular weight is 390 g/mol. The first-order chi connectivity index (χ1) is 13.7. The SMILES string of the molecule is COc1ccc2cc(/C=N\NC(=O)CNc3nc4ccccc4s3)ccc2c1. The molecule has 0 unspecified atom stereocenters. The first-order valence-corrected chi connectivity index (χ1v) is 9.52. The summed E-state index contributed by atoms with van der Waals surface area (Å²) in [5.74, 6) is 0.586. The van der Waals surface area contributed by atoms with Crippen molar-refractivity contribution in [3.05, 3.63) is 66.2 Å². The Morgan fingerprint density at radius 2 is 1.96 bits per heavy atom. The van der Waals surface area contributed by atoms with Gasteiger partial charge in [-0.1, -0.05) is 41.7 Å². The number of nitrogens with one attached hydrogen (secondary N) is 2. The van der Waals surface area contributed by atoms with Crippen molar-refractivity contribution in [2.45, 2.75) is 0 Å². The van der Waals surface area contributed by atoms with Crippen molar-refractivity contribution in [1.82, 2.24) is 10.4 Å². The molecule has 0 spiro atoms. The van der Waals surface area contributed by atoms with E-state index < -0.39 is 0 Å². The summed E-state index contributed by atoms with van der Waals surface area (Å²) in [5.41, 5.74) is 4.35. The number of para-hydroxylation sites is 1. The highest BCUT2D eigenvalue weighted by molar-refractivity contribution is 7.22. The zero-order valence-electron chi connectivity index (χ0n) is 15.2. The highest BCUT2D eigenvalue weighted by Gasteiger charge is 2.05. The highest BCUT2D eigenvalue weighted by atomic mass is 32.1. The minimum absolute atomic E-state index is 0.106. The fourth-order valence-electron chi connectivity index (χ4n) is 2.77. The van der Waals surface area contributed by atoms with Gasteiger partial charge in [-0.25, -0.2) is 10.4 Å². The third-order valence-electron chi connectivity index (χ3n) is 4.17. The Morgan fingerprint density at radius 3 is 2.82 bits per heavy atom. The van der Waals surface area contributed by atoms with E-state index in [0.29, 0.717) is 5.13 Å². The number of amides is 1. The number of nitrogens with zero attached hydrogens (tertiary/aromatic N) is 2. The van der Waals surface area contributed by atoms with Gasteiger partial charge < -0.3 is 10.1 Å². The maximum Gasteiger partial charge on any atom is 0.259 e. The van der Waals surface area contributed by atoms with E-state index in [9.17, 15) is 4.79 Å². The number of benzene rings is 3. The lowest BCUT2D eigenvalue weighted by atomic mass is 10.1. The number of fused-ring (bicyclic) bond motifs is 2. The molecule has 0 atom stereocenters. The minimum atomic E-state index is -0.235. The van der Waals surface area contributed by atoms with Crippen LogP contribution < -0.4 is 15.5 Å². The molecule has 3 aromatic carbocycles. The van der Waals surface area contributed by atoms with Crippen molar-refractivity contribution >= 4 is 49.6 Å². The first-order valence-electron chi connectivity index (χ1n) is 8.70. The summed E-state index contributed by atoms with van der Waals surface area (Å²) in [6, 6.07) is 19.7. The molecule has 0 aliphatic carbocycles. The number of hydrogen-bond acceptors (Lipinski definition) is 6. The van der Waals surface area contributed by atoms with Crippen molar-refractivity contribution < 1.29 is 9.53 Å². The van der Waals surface area contributed by atoms with Crippen molar-refractivity contribution in [3.8, 4) is 5.75 Å². The number of carbonyl (C=O) groups is 1. The van der Waals surface area contributed by atoms with Gasteiger partial charge >= 0.3 is 0 Å². The van der Waals surface area contributed by atoms with Crippen LogP contribution in [0.4, 0.5) is 5.13 Å². The topological polar surface area (TPSA) is 75.6 Å². The third kappa shape index (κ3) is 4.10. The number of hydrazone groups is 1. The molecule has 0 fully saturated rings. The van der Waals surface area contributed by atoms with Gasteiger partial charge in [0, 0.05) is 0 Å². The van der Waals surface area contributed by atoms with Crippen LogP contribution in [-0.4, -0.2) is 30.8 Å². The molecule has 1 heterocycles. The Balaban J connectivity index is 1.33. The molecule has 0 saturated heterocycles. The summed E-state index contributed by atoms with van der Waals surface area (Å²) in [4.78, 5) is 16.4. The van der Waals surface area contributed by atoms with Crippen LogP contribution in [0.15, 0.2) is 65.8 Å². The third-order valence-corrected chi connectivity index (χ3v) is 5.16. The number of anilines is 1. The Bertz CT molecular complexity index is 1140. The van der Waals surface area contributed by atoms with E-state index >= 15 is 0 Å². The predicted octanol–water partition coefficient (Wildman–Crippen LogP) is 4.02. The van der Waals surface area contributed by atoms with Gasteiger partial charge in [0.25, 0.3) is 5.91 Å². The molecule has 1 aromatic heterocycles. The van der Waals surface area contributed by atoms with Gasteiger partial charge in [-0.05, 0) is 46.7 Å². The zero-order valence-corrected chi connectivity index (χ0v) is 16.0. The van der Waals surface area contributed by atoms with E-state index in [-0.39, 0.29) is 12.5 Å². The molecule has 140 valence electrons. The summed E-state index contributed by atoms with van der Waals surface area (Å²) in [5, 5.41) is 9.93. The largest absolute Gasteiger partial charge is 0.497 e. The van der Waals surface area contributed by atoms with Crippen molar-refractivity contribution in [1.29, 1.82) is 0 Å². The second-order valence-corrected chi connectivity index (χ2v) is 7.14. The molecule has 4 rings (SSSR count). The number of aromatic nitrogens is 1. The molecule has 1 amide bonds. The van der Waals surface area contributed by atoms with Gasteiger partial charge in [0.05, 0.1) is 30.1 Å². The molecule has 0 aliphatic rings. The molecule has 7 heteroatoms. The van der Waals surface area contributed by atoms with Crippen LogP contribution in [0.2, 0.25) is 0 Å². The average Bonchev–Trinajstić information content (AvgIpc) is 3.15. The zero-order chi connectivity index (χ0) is 19.3. The molecule has 0 radical (unpaired) electrons. The maximum absolute atomic E-state index is 12.0. The van der Waals surface area contributed by atoms with Crippen LogP contribution in [0.25, 0.3) is 21.0 Å². The Labute approximate surface area is 165 Å². The van der Waals surface area contributed by atoms with E-state index in [1.54, 1.807) is 13.3 Å². The van der Waals surface area contributed by atoms with Crippen molar-refractivity contribution in [3.63, 3.8) is 0 Å². The van der Waals surface area contributed by atoms with Gasteiger partial charge in [-0.3, -0.25) is 4.79 Å². The summed E-state index contributed by atoms with van der Waals surface area (Å²) in [7, 11) is 1.65. The molecular weight excluding hydrogens is 372 g/mol. The molecule has 6 nitrogen and oxygen atoms in total. The molecule has 28 heavy (non-hydrogen) atoms. The summed E-state index contributed by atoms with van der Waals surface area (Å²) < 4.78 is 6.31. The predicted molar refractivity (Wildman–Crippen MR) is 114 cm³/mol. The molecular formula is C21H18N4O2S. The van der Waals surface area contributed by atoms with E-state index in [4.69, 9.17) is 4.74 Å². The van der Waals surface area contributed by atoms with E-state index in [2.05, 4.69) is 20.8 Å². The summed E-state index contributed by atoms with van der Waals surface area (Å²) in [6.45, 7) is 0.106. The molecule has 0 aliphatic heterocycles. The van der Waals surface area contributed by atoms with E-state index in [1.165, 1.54) is 11.3 Å². The standard InChI is InChI=1S/C21H18N4O2S/c1-27-17-9-8-15-10-14(6-7-16(15)11-17)12-23-25-20(26)13-22-21-24-18-4-2-3-5-19(18)28-21/h2-12H,13H2,1H3,(H,22,24)(H,25,26)/b23-12-. The lowest BCUT2D eigenvalue weighted by molar-refractivity contribution is -0.119. The number of thiazole rings is 1.